The summed E-state index contributed by atoms with van der Waals surface area (Å²) in [6, 6.07) is 9.86. The Bertz CT molecular complexity index is 236. The molecule has 1 aromatic carbocycles. The van der Waals surface area contributed by atoms with E-state index in [0.29, 0.717) is 0 Å². The van der Waals surface area contributed by atoms with Crippen molar-refractivity contribution in [1.29, 1.82) is 0 Å². The second-order valence-electron chi connectivity index (χ2n) is 4.05. The van der Waals surface area contributed by atoms with Gasteiger partial charge in [0, 0.05) is 0 Å². The maximum atomic E-state index is 10.1. The molecule has 0 unspecified atom stereocenters. The summed E-state index contributed by atoms with van der Waals surface area (Å²) >= 11 is 0. The molecule has 0 fully saturated rings. The Hall–Kier alpha value is -0.390. The Morgan fingerprint density at radius 2 is 1.45 bits per heavy atom. The van der Waals surface area contributed by atoms with Gasteiger partial charge in [0.15, 0.2) is 0 Å². The van der Waals surface area contributed by atoms with E-state index in [1.807, 2.05) is 50.3 Å². The quantitative estimate of drug-likeness (QED) is 0.635. The van der Waals surface area contributed by atoms with E-state index >= 15 is 0 Å². The summed E-state index contributed by atoms with van der Waals surface area (Å²) < 4.78 is 0. The van der Waals surface area contributed by atoms with Crippen molar-refractivity contribution in [3.63, 3.8) is 0 Å². The summed E-state index contributed by atoms with van der Waals surface area (Å²) in [5.74, 6) is 0. The van der Waals surface area contributed by atoms with Crippen molar-refractivity contribution >= 4 is 12.1 Å². The standard InChI is InChI=1S/C9H15OP/c1-11(2,3,10)9-7-5-4-6-8-9/h4-8,10H,1-3H3. The predicted molar refractivity (Wildman–Crippen MR) is 53.0 cm³/mol. The van der Waals surface area contributed by atoms with Gasteiger partial charge in [-0.3, -0.25) is 0 Å². The normalized spacial score (nSPS) is 15.5. The molecule has 0 heterocycles. The van der Waals surface area contributed by atoms with Crippen LogP contribution >= 0.6 is 6.83 Å². The molecule has 0 bridgehead atoms. The van der Waals surface area contributed by atoms with Crippen molar-refractivity contribution in [2.24, 2.45) is 0 Å². The molecule has 0 aliphatic heterocycles. The first-order valence-corrected chi connectivity index (χ1v) is 7.21. The van der Waals surface area contributed by atoms with Crippen molar-refractivity contribution in [1.82, 2.24) is 0 Å². The number of hydrogen-bond donors (Lipinski definition) is 1. The zero-order valence-electron chi connectivity index (χ0n) is 7.28. The fourth-order valence-corrected chi connectivity index (χ4v) is 2.14. The van der Waals surface area contributed by atoms with E-state index in [1.54, 1.807) is 0 Å². The van der Waals surface area contributed by atoms with Gasteiger partial charge in [-0.25, -0.2) is 0 Å². The predicted octanol–water partition coefficient (Wildman–Crippen LogP) is 1.66. The molecule has 0 aliphatic carbocycles. The molecule has 1 rings (SSSR count). The molecule has 0 saturated heterocycles. The molecule has 0 aliphatic rings. The monoisotopic (exact) mass is 170 g/mol. The number of benzene rings is 1. The average Bonchev–Trinajstić information content (AvgIpc) is 1.86. The first kappa shape index (κ1) is 8.70. The first-order valence-electron chi connectivity index (χ1n) is 3.68. The summed E-state index contributed by atoms with van der Waals surface area (Å²) in [6.45, 7) is 3.30. The van der Waals surface area contributed by atoms with E-state index in [2.05, 4.69) is 0 Å². The first-order chi connectivity index (χ1) is 4.86. The Balaban J connectivity index is 3.14. The van der Waals surface area contributed by atoms with Crippen molar-refractivity contribution in [2.75, 3.05) is 20.0 Å². The van der Waals surface area contributed by atoms with Gasteiger partial charge in [-0.1, -0.05) is 0 Å². The summed E-state index contributed by atoms with van der Waals surface area (Å²) in [5, 5.41) is 1.07. The van der Waals surface area contributed by atoms with Gasteiger partial charge >= 0.3 is 67.4 Å². The molecule has 0 saturated carbocycles. The Labute approximate surface area is 68.1 Å². The van der Waals surface area contributed by atoms with Gasteiger partial charge in [0.2, 0.25) is 0 Å². The number of hydrogen-bond acceptors (Lipinski definition) is 1. The van der Waals surface area contributed by atoms with E-state index in [-0.39, 0.29) is 0 Å². The molecule has 1 N–H and O–H groups in total. The van der Waals surface area contributed by atoms with Crippen LogP contribution in [0, 0.1) is 0 Å². The third-order valence-corrected chi connectivity index (χ3v) is 3.72. The summed E-state index contributed by atoms with van der Waals surface area (Å²) in [7, 11) is 0. The van der Waals surface area contributed by atoms with Crippen molar-refractivity contribution in [3.05, 3.63) is 30.3 Å². The van der Waals surface area contributed by atoms with E-state index in [9.17, 15) is 4.89 Å². The SMILES string of the molecule is CP(C)(C)(O)c1ccccc1. The zero-order chi connectivity index (χ0) is 8.56. The van der Waals surface area contributed by atoms with Crippen LogP contribution in [0.15, 0.2) is 30.3 Å². The average molecular weight is 170 g/mol. The molecule has 2 heteroatoms. The molecule has 0 spiro atoms. The molecular formula is C9H15OP. The fourth-order valence-electron chi connectivity index (χ4n) is 0.942. The van der Waals surface area contributed by atoms with E-state index in [4.69, 9.17) is 0 Å². The van der Waals surface area contributed by atoms with E-state index in [0.717, 1.165) is 5.30 Å². The summed E-state index contributed by atoms with van der Waals surface area (Å²) in [6.07, 6.45) is 0. The third-order valence-electron chi connectivity index (χ3n) is 1.65. The number of rotatable bonds is 1. The van der Waals surface area contributed by atoms with Crippen LogP contribution in [-0.2, 0) is 0 Å². The van der Waals surface area contributed by atoms with Crippen molar-refractivity contribution in [2.45, 2.75) is 0 Å². The van der Waals surface area contributed by atoms with Crippen LogP contribution in [0.25, 0.3) is 0 Å². The zero-order valence-corrected chi connectivity index (χ0v) is 8.18. The van der Waals surface area contributed by atoms with Gasteiger partial charge in [0.1, 0.15) is 0 Å². The van der Waals surface area contributed by atoms with Crippen LogP contribution < -0.4 is 5.30 Å². The van der Waals surface area contributed by atoms with E-state index < -0.39 is 6.83 Å². The second-order valence-corrected chi connectivity index (χ2v) is 9.99. The van der Waals surface area contributed by atoms with Crippen LogP contribution in [0.1, 0.15) is 0 Å². The Morgan fingerprint density at radius 1 is 1.00 bits per heavy atom. The molecule has 0 atom stereocenters. The summed E-state index contributed by atoms with van der Waals surface area (Å²) in [5.41, 5.74) is 0. The van der Waals surface area contributed by atoms with Crippen LogP contribution in [0.3, 0.4) is 0 Å². The van der Waals surface area contributed by atoms with Crippen molar-refractivity contribution in [3.8, 4) is 0 Å². The topological polar surface area (TPSA) is 20.2 Å². The van der Waals surface area contributed by atoms with Gasteiger partial charge in [-0.15, -0.1) is 0 Å². The minimum absolute atomic E-state index is 1.07. The van der Waals surface area contributed by atoms with Gasteiger partial charge in [0.05, 0.1) is 0 Å². The van der Waals surface area contributed by atoms with Crippen LogP contribution in [-0.4, -0.2) is 24.9 Å². The fraction of sp³-hybridized carbons (Fsp3) is 0.333. The van der Waals surface area contributed by atoms with Gasteiger partial charge < -0.3 is 0 Å². The molecule has 0 amide bonds. The minimum atomic E-state index is -2.49. The van der Waals surface area contributed by atoms with Gasteiger partial charge in [-0.05, 0) is 0 Å². The third kappa shape index (κ3) is 2.28. The molecule has 0 radical (unpaired) electrons. The summed E-state index contributed by atoms with van der Waals surface area (Å²) in [4.78, 5) is 10.1. The van der Waals surface area contributed by atoms with Crippen LogP contribution in [0.5, 0.6) is 0 Å². The van der Waals surface area contributed by atoms with Crippen molar-refractivity contribution < 1.29 is 4.89 Å². The maximum absolute atomic E-state index is 10.1. The van der Waals surface area contributed by atoms with E-state index in [1.165, 1.54) is 0 Å². The second kappa shape index (κ2) is 2.30. The molecular weight excluding hydrogens is 155 g/mol. The molecule has 62 valence electrons. The van der Waals surface area contributed by atoms with Crippen LogP contribution in [0.4, 0.5) is 0 Å². The molecule has 11 heavy (non-hydrogen) atoms. The van der Waals surface area contributed by atoms with Gasteiger partial charge in [0.25, 0.3) is 0 Å². The van der Waals surface area contributed by atoms with Gasteiger partial charge in [-0.2, -0.15) is 0 Å². The molecule has 0 aromatic heterocycles. The van der Waals surface area contributed by atoms with Crippen LogP contribution in [0.2, 0.25) is 0 Å². The molecule has 1 nitrogen and oxygen atoms in total. The Kier molecular flexibility index (Phi) is 1.82. The Morgan fingerprint density at radius 3 is 1.73 bits per heavy atom. The molecule has 1 aromatic rings.